The van der Waals surface area contributed by atoms with Gasteiger partial charge in [0.05, 0.1) is 39.6 Å². The number of thiocarbonyl (C=S) groups is 1. The van der Waals surface area contributed by atoms with Gasteiger partial charge in [0.15, 0.2) is 32.2 Å². The molecule has 12 heteroatoms. The second kappa shape index (κ2) is 9.76. The van der Waals surface area contributed by atoms with E-state index in [1.165, 1.54) is 6.20 Å². The van der Waals surface area contributed by atoms with Crippen LogP contribution in [-0.4, -0.2) is 45.9 Å². The number of benzene rings is 1. The molecule has 0 radical (unpaired) electrons. The molecule has 0 bridgehead atoms. The smallest absolute Gasteiger partial charge is 0.189 e. The number of pyridine rings is 1. The highest BCUT2D eigenvalue weighted by Crippen LogP contribution is 2.30. The monoisotopic (exact) mass is 509 g/mol. The first-order chi connectivity index (χ1) is 16.7. The van der Waals surface area contributed by atoms with Crippen molar-refractivity contribution in [2.45, 2.75) is 24.0 Å². The molecule has 35 heavy (non-hydrogen) atoms. The number of rotatable bonds is 6. The molecule has 0 aliphatic rings. The Hall–Kier alpha value is -3.90. The number of sulfone groups is 1. The minimum Gasteiger partial charge on any atom is -0.382 e. The molecule has 0 aliphatic carbocycles. The predicted octanol–water partition coefficient (Wildman–Crippen LogP) is 3.54. The third-order valence-electron chi connectivity index (χ3n) is 5.15. The molecule has 0 fully saturated rings. The normalized spacial score (nSPS) is 11.4. The quantitative estimate of drug-likeness (QED) is 0.328. The lowest BCUT2D eigenvalue weighted by Gasteiger charge is -2.09. The highest BCUT2D eigenvalue weighted by atomic mass is 32.2. The van der Waals surface area contributed by atoms with Gasteiger partial charge in [-0.05, 0) is 50.3 Å². The van der Waals surface area contributed by atoms with Gasteiger partial charge in [0, 0.05) is 18.7 Å². The summed E-state index contributed by atoms with van der Waals surface area (Å²) in [4.78, 5) is 13.4. The highest BCUT2D eigenvalue weighted by molar-refractivity contribution is 7.92. The van der Waals surface area contributed by atoms with Crippen LogP contribution in [0.1, 0.15) is 13.8 Å². The molecule has 0 amide bonds. The first kappa shape index (κ1) is 24.2. The molecule has 4 aromatic rings. The van der Waals surface area contributed by atoms with Crippen molar-refractivity contribution in [3.63, 3.8) is 0 Å². The number of hydrogen-bond acceptors (Lipinski definition) is 9. The molecule has 0 unspecified atom stereocenters. The van der Waals surface area contributed by atoms with Crippen molar-refractivity contribution in [1.29, 1.82) is 0 Å². The molecule has 10 nitrogen and oxygen atoms in total. The van der Waals surface area contributed by atoms with E-state index in [-0.39, 0.29) is 10.7 Å². The number of nitrogen functional groups attached to an aromatic ring is 1. The molecule has 0 saturated heterocycles. The van der Waals surface area contributed by atoms with Gasteiger partial charge in [0.25, 0.3) is 0 Å². The van der Waals surface area contributed by atoms with Crippen LogP contribution in [0, 0.1) is 0 Å². The predicted molar refractivity (Wildman–Crippen MR) is 138 cm³/mol. The molecule has 3 aromatic heterocycles. The second-order valence-corrected chi connectivity index (χ2v) is 10.7. The Balaban J connectivity index is 1.60. The van der Waals surface area contributed by atoms with Gasteiger partial charge < -0.3 is 20.9 Å². The van der Waals surface area contributed by atoms with Gasteiger partial charge in [-0.15, -0.1) is 0 Å². The number of nitrogens with two attached hydrogens (primary N) is 1. The Morgan fingerprint density at radius 1 is 1.03 bits per heavy atom. The maximum Gasteiger partial charge on any atom is 0.189 e. The van der Waals surface area contributed by atoms with Crippen molar-refractivity contribution in [3.8, 4) is 34.1 Å². The van der Waals surface area contributed by atoms with Crippen LogP contribution in [0.15, 0.2) is 64.3 Å². The lowest BCUT2D eigenvalue weighted by Crippen LogP contribution is -2.24. The summed E-state index contributed by atoms with van der Waals surface area (Å²) in [6.45, 7) is 3.29. The van der Waals surface area contributed by atoms with E-state index in [1.807, 2.05) is 6.07 Å². The largest absolute Gasteiger partial charge is 0.382 e. The summed E-state index contributed by atoms with van der Waals surface area (Å²) >= 11 is 5.08. The zero-order valence-corrected chi connectivity index (χ0v) is 20.8. The molecular weight excluding hydrogens is 486 g/mol. The number of hydrogen-bond donors (Lipinski definition) is 3. The highest BCUT2D eigenvalue weighted by Gasteiger charge is 2.20. The van der Waals surface area contributed by atoms with Crippen molar-refractivity contribution in [3.05, 3.63) is 54.9 Å². The number of nitrogens with zero attached hydrogens (tertiary/aromatic N) is 4. The number of anilines is 2. The summed E-state index contributed by atoms with van der Waals surface area (Å²) in [5.74, 6) is 0.495. The van der Waals surface area contributed by atoms with Crippen LogP contribution in [-0.2, 0) is 9.84 Å². The Morgan fingerprint density at radius 2 is 1.77 bits per heavy atom. The fraction of sp³-hybridized carbons (Fsp3) is 0.174. The molecule has 1 aromatic carbocycles. The summed E-state index contributed by atoms with van der Waals surface area (Å²) in [6, 6.07) is 11.8. The van der Waals surface area contributed by atoms with E-state index in [4.69, 9.17) is 22.5 Å². The van der Waals surface area contributed by atoms with Crippen LogP contribution in [0.25, 0.3) is 34.1 Å². The van der Waals surface area contributed by atoms with E-state index in [1.54, 1.807) is 63.5 Å². The summed E-state index contributed by atoms with van der Waals surface area (Å²) in [6.07, 6.45) is 3.15. The minimum atomic E-state index is -3.37. The first-order valence-electron chi connectivity index (χ1n) is 10.6. The van der Waals surface area contributed by atoms with Crippen LogP contribution < -0.4 is 16.4 Å². The average molecular weight is 510 g/mol. The molecule has 180 valence electrons. The van der Waals surface area contributed by atoms with Gasteiger partial charge in [-0.3, -0.25) is 4.98 Å². The van der Waals surface area contributed by atoms with Gasteiger partial charge in [-0.1, -0.05) is 17.3 Å². The van der Waals surface area contributed by atoms with Crippen LogP contribution in [0.3, 0.4) is 0 Å². The van der Waals surface area contributed by atoms with E-state index in [2.05, 4.69) is 30.7 Å². The second-order valence-electron chi connectivity index (χ2n) is 7.82. The number of aromatic nitrogens is 4. The van der Waals surface area contributed by atoms with Crippen LogP contribution in [0.2, 0.25) is 0 Å². The average Bonchev–Trinajstić information content (AvgIpc) is 3.35. The molecule has 0 spiro atoms. The summed E-state index contributed by atoms with van der Waals surface area (Å²) in [5, 5.41) is 9.88. The molecule has 4 rings (SSSR count). The molecule has 0 atom stereocenters. The standard InChI is InChI=1S/C23H23N7O3S2/c1-13(2)35(31,32)16-7-4-14(5-8-16)19-12-27-22(24)21(29-19)20-10-18(30-33-20)17-9-6-15(11-26-17)28-23(34)25-3/h4-13H,1-3H3,(H2,24,27)(H2,25,28,34). The van der Waals surface area contributed by atoms with Crippen molar-refractivity contribution in [2.24, 2.45) is 0 Å². The van der Waals surface area contributed by atoms with E-state index >= 15 is 0 Å². The van der Waals surface area contributed by atoms with E-state index in [0.29, 0.717) is 39.2 Å². The Bertz CT molecular complexity index is 1470. The SMILES string of the molecule is CNC(=S)Nc1ccc(-c2cc(-c3nc(-c4ccc(S(=O)(=O)C(C)C)cc4)cnc3N)on2)nc1. The maximum atomic E-state index is 12.4. The zero-order chi connectivity index (χ0) is 25.2. The van der Waals surface area contributed by atoms with Crippen molar-refractivity contribution in [2.75, 3.05) is 18.1 Å². The fourth-order valence-electron chi connectivity index (χ4n) is 3.13. The van der Waals surface area contributed by atoms with Gasteiger partial charge in [-0.25, -0.2) is 18.4 Å². The van der Waals surface area contributed by atoms with E-state index < -0.39 is 15.1 Å². The van der Waals surface area contributed by atoms with E-state index in [0.717, 1.165) is 5.69 Å². The van der Waals surface area contributed by atoms with Crippen LogP contribution in [0.4, 0.5) is 11.5 Å². The minimum absolute atomic E-state index is 0.170. The van der Waals surface area contributed by atoms with Crippen LogP contribution in [0.5, 0.6) is 0 Å². The molecular formula is C23H23N7O3S2. The Kier molecular flexibility index (Phi) is 6.76. The maximum absolute atomic E-state index is 12.4. The Labute approximate surface area is 207 Å². The van der Waals surface area contributed by atoms with Gasteiger partial charge >= 0.3 is 0 Å². The zero-order valence-electron chi connectivity index (χ0n) is 19.2. The lowest BCUT2D eigenvalue weighted by atomic mass is 10.1. The number of nitrogens with one attached hydrogen (secondary N) is 2. The van der Waals surface area contributed by atoms with Crippen molar-refractivity contribution < 1.29 is 12.9 Å². The lowest BCUT2D eigenvalue weighted by molar-refractivity contribution is 0.433. The Morgan fingerprint density at radius 3 is 2.40 bits per heavy atom. The van der Waals surface area contributed by atoms with Crippen LogP contribution >= 0.6 is 12.2 Å². The van der Waals surface area contributed by atoms with E-state index in [9.17, 15) is 8.42 Å². The van der Waals surface area contributed by atoms with Gasteiger partial charge in [0.2, 0.25) is 0 Å². The summed E-state index contributed by atoms with van der Waals surface area (Å²) in [7, 11) is -1.64. The third kappa shape index (κ3) is 5.12. The molecule has 4 N–H and O–H groups in total. The van der Waals surface area contributed by atoms with Crippen molar-refractivity contribution >= 4 is 38.7 Å². The molecule has 3 heterocycles. The van der Waals surface area contributed by atoms with Gasteiger partial charge in [-0.2, -0.15) is 0 Å². The van der Waals surface area contributed by atoms with Crippen molar-refractivity contribution in [1.82, 2.24) is 25.4 Å². The third-order valence-corrected chi connectivity index (χ3v) is 7.63. The fourth-order valence-corrected chi connectivity index (χ4v) is 4.30. The first-order valence-corrected chi connectivity index (χ1v) is 12.5. The topological polar surface area (TPSA) is 149 Å². The summed E-state index contributed by atoms with van der Waals surface area (Å²) < 4.78 is 30.2. The molecule has 0 aliphatic heterocycles. The van der Waals surface area contributed by atoms with Gasteiger partial charge in [0.1, 0.15) is 5.69 Å². The summed E-state index contributed by atoms with van der Waals surface area (Å²) in [5.41, 5.74) is 9.39. The molecule has 0 saturated carbocycles.